The highest BCUT2D eigenvalue weighted by atomic mass is 32.2. The Morgan fingerprint density at radius 3 is 2.35 bits per heavy atom. The monoisotopic (exact) mass is 381 g/mol. The maximum absolute atomic E-state index is 13.1. The third-order valence-corrected chi connectivity index (χ3v) is 6.40. The van der Waals surface area contributed by atoms with Crippen LogP contribution in [0.5, 0.6) is 0 Å². The topological polar surface area (TPSA) is 101 Å². The molecule has 0 aliphatic carbocycles. The lowest BCUT2D eigenvalue weighted by molar-refractivity contribution is -0.155. The summed E-state index contributed by atoms with van der Waals surface area (Å²) < 4.78 is 32.1. The fraction of sp³-hybridized carbons (Fsp3) is 0.444. The van der Waals surface area contributed by atoms with E-state index in [1.54, 1.807) is 26.0 Å². The molecule has 1 aliphatic heterocycles. The van der Waals surface area contributed by atoms with E-state index in [1.807, 2.05) is 6.92 Å². The quantitative estimate of drug-likeness (QED) is 0.596. The summed E-state index contributed by atoms with van der Waals surface area (Å²) in [5.41, 5.74) is 1.39. The van der Waals surface area contributed by atoms with Crippen LogP contribution in [0.1, 0.15) is 19.4 Å². The van der Waals surface area contributed by atoms with Crippen LogP contribution in [-0.4, -0.2) is 49.0 Å². The van der Waals surface area contributed by atoms with Gasteiger partial charge < -0.3 is 9.84 Å². The SMILES string of the molecule is C=C(C)[C@@H]1CN(S(=O)(=O)c2ccc(C)cc2)[C@H](C(=O)OCC)[C@H]1C(=O)O. The van der Waals surface area contributed by atoms with E-state index in [1.165, 1.54) is 12.1 Å². The Balaban J connectivity index is 2.56. The molecule has 1 heterocycles. The summed E-state index contributed by atoms with van der Waals surface area (Å²) in [7, 11) is -4.07. The minimum Gasteiger partial charge on any atom is -0.481 e. The van der Waals surface area contributed by atoms with Gasteiger partial charge in [0.1, 0.15) is 6.04 Å². The van der Waals surface area contributed by atoms with E-state index in [0.717, 1.165) is 9.87 Å². The van der Waals surface area contributed by atoms with Gasteiger partial charge in [0, 0.05) is 12.5 Å². The van der Waals surface area contributed by atoms with Gasteiger partial charge in [-0.2, -0.15) is 4.31 Å². The molecule has 0 radical (unpaired) electrons. The van der Waals surface area contributed by atoms with Crippen molar-refractivity contribution in [1.29, 1.82) is 0 Å². The van der Waals surface area contributed by atoms with Crippen molar-refractivity contribution >= 4 is 22.0 Å². The van der Waals surface area contributed by atoms with Crippen LogP contribution < -0.4 is 0 Å². The molecule has 1 aromatic carbocycles. The van der Waals surface area contributed by atoms with E-state index in [-0.39, 0.29) is 18.0 Å². The molecule has 142 valence electrons. The van der Waals surface area contributed by atoms with Crippen molar-refractivity contribution in [2.24, 2.45) is 11.8 Å². The molecule has 1 fully saturated rings. The summed E-state index contributed by atoms with van der Waals surface area (Å²) in [4.78, 5) is 24.3. The number of carboxylic acid groups (broad SMARTS) is 1. The Bertz CT molecular complexity index is 815. The van der Waals surface area contributed by atoms with E-state index in [9.17, 15) is 23.1 Å². The first-order chi connectivity index (χ1) is 12.1. The summed E-state index contributed by atoms with van der Waals surface area (Å²) in [6, 6.07) is 4.74. The first-order valence-corrected chi connectivity index (χ1v) is 9.68. The predicted molar refractivity (Wildman–Crippen MR) is 94.9 cm³/mol. The number of carboxylic acids is 1. The Morgan fingerprint density at radius 2 is 1.88 bits per heavy atom. The average molecular weight is 381 g/mol. The number of nitrogens with zero attached hydrogens (tertiary/aromatic N) is 1. The van der Waals surface area contributed by atoms with E-state index in [4.69, 9.17) is 4.74 Å². The summed E-state index contributed by atoms with van der Waals surface area (Å²) in [5.74, 6) is -4.04. The van der Waals surface area contributed by atoms with Gasteiger partial charge in [-0.05, 0) is 32.9 Å². The Morgan fingerprint density at radius 1 is 1.31 bits per heavy atom. The molecule has 1 N–H and O–H groups in total. The van der Waals surface area contributed by atoms with Crippen LogP contribution in [0, 0.1) is 18.8 Å². The number of hydrogen-bond donors (Lipinski definition) is 1. The van der Waals surface area contributed by atoms with Gasteiger partial charge in [0.2, 0.25) is 10.0 Å². The van der Waals surface area contributed by atoms with Crippen molar-refractivity contribution in [1.82, 2.24) is 4.31 Å². The van der Waals surface area contributed by atoms with E-state index >= 15 is 0 Å². The first-order valence-electron chi connectivity index (χ1n) is 8.24. The number of aryl methyl sites for hydroxylation is 1. The summed E-state index contributed by atoms with van der Waals surface area (Å²) in [6.07, 6.45) is 0. The largest absolute Gasteiger partial charge is 0.481 e. The zero-order valence-corrected chi connectivity index (χ0v) is 15.8. The minimum atomic E-state index is -4.07. The number of benzene rings is 1. The van der Waals surface area contributed by atoms with Gasteiger partial charge in [0.15, 0.2) is 0 Å². The molecule has 0 aromatic heterocycles. The molecule has 0 spiro atoms. The van der Waals surface area contributed by atoms with E-state index in [0.29, 0.717) is 5.57 Å². The molecular formula is C18H23NO6S. The minimum absolute atomic E-state index is 0.00361. The van der Waals surface area contributed by atoms with E-state index in [2.05, 4.69) is 6.58 Å². The zero-order valence-electron chi connectivity index (χ0n) is 15.0. The van der Waals surface area contributed by atoms with Crippen molar-refractivity contribution in [2.45, 2.75) is 31.7 Å². The third kappa shape index (κ3) is 3.66. The molecule has 0 saturated carbocycles. The van der Waals surface area contributed by atoms with Crippen molar-refractivity contribution in [2.75, 3.05) is 13.2 Å². The van der Waals surface area contributed by atoms with Crippen molar-refractivity contribution < 1.29 is 27.9 Å². The van der Waals surface area contributed by atoms with Crippen molar-refractivity contribution in [3.05, 3.63) is 42.0 Å². The molecule has 3 atom stereocenters. The number of sulfonamides is 1. The van der Waals surface area contributed by atoms with Crippen LogP contribution in [-0.2, 0) is 24.3 Å². The van der Waals surface area contributed by atoms with E-state index < -0.39 is 39.8 Å². The molecule has 1 saturated heterocycles. The van der Waals surface area contributed by atoms with Crippen LogP contribution in [0.15, 0.2) is 41.3 Å². The number of esters is 1. The molecule has 0 amide bonds. The Labute approximate surface area is 153 Å². The number of ether oxygens (including phenoxy) is 1. The number of hydrogen-bond acceptors (Lipinski definition) is 5. The van der Waals surface area contributed by atoms with Crippen LogP contribution in [0.3, 0.4) is 0 Å². The van der Waals surface area contributed by atoms with Gasteiger partial charge in [-0.1, -0.05) is 29.8 Å². The fourth-order valence-corrected chi connectivity index (χ4v) is 4.80. The first kappa shape index (κ1) is 20.1. The molecular weight excluding hydrogens is 358 g/mol. The van der Waals surface area contributed by atoms with Crippen molar-refractivity contribution in [3.8, 4) is 0 Å². The van der Waals surface area contributed by atoms with Gasteiger partial charge >= 0.3 is 11.9 Å². The molecule has 0 bridgehead atoms. The highest BCUT2D eigenvalue weighted by molar-refractivity contribution is 7.89. The highest BCUT2D eigenvalue weighted by Gasteiger charge is 2.54. The number of aliphatic carboxylic acids is 1. The highest BCUT2D eigenvalue weighted by Crippen LogP contribution is 2.38. The maximum Gasteiger partial charge on any atom is 0.325 e. The number of carbonyl (C=O) groups excluding carboxylic acids is 1. The number of rotatable bonds is 6. The lowest BCUT2D eigenvalue weighted by Gasteiger charge is -2.24. The summed E-state index contributed by atoms with van der Waals surface area (Å²) in [5, 5.41) is 9.64. The number of carbonyl (C=O) groups is 2. The summed E-state index contributed by atoms with van der Waals surface area (Å²) in [6.45, 7) is 8.70. The lowest BCUT2D eigenvalue weighted by Crippen LogP contribution is -2.46. The Hall–Kier alpha value is -2.19. The van der Waals surface area contributed by atoms with Gasteiger partial charge in [0.05, 0.1) is 17.4 Å². The molecule has 1 aromatic rings. The molecule has 0 unspecified atom stereocenters. The molecule has 26 heavy (non-hydrogen) atoms. The maximum atomic E-state index is 13.1. The van der Waals surface area contributed by atoms with Gasteiger partial charge in [-0.25, -0.2) is 8.42 Å². The zero-order chi connectivity index (χ0) is 19.6. The standard InChI is InChI=1S/C18H23NO6S/c1-5-25-18(22)16-15(17(20)21)14(11(2)3)10-19(16)26(23,24)13-8-6-12(4)7-9-13/h6-9,14-16H,2,5,10H2,1,3-4H3,(H,20,21)/t14-,15-,16-/m0/s1. The normalized spacial score (nSPS) is 23.6. The second-order valence-corrected chi connectivity index (χ2v) is 8.29. The summed E-state index contributed by atoms with van der Waals surface area (Å²) >= 11 is 0. The van der Waals surface area contributed by atoms with Gasteiger partial charge in [0.25, 0.3) is 0 Å². The Kier molecular flexibility index (Phi) is 5.87. The smallest absolute Gasteiger partial charge is 0.325 e. The molecule has 7 nitrogen and oxygen atoms in total. The van der Waals surface area contributed by atoms with Crippen LogP contribution in [0.25, 0.3) is 0 Å². The molecule has 8 heteroatoms. The van der Waals surface area contributed by atoms with Crippen molar-refractivity contribution in [3.63, 3.8) is 0 Å². The third-order valence-electron chi connectivity index (χ3n) is 4.53. The molecule has 1 aliphatic rings. The van der Waals surface area contributed by atoms with Crippen LogP contribution in [0.2, 0.25) is 0 Å². The van der Waals surface area contributed by atoms with Gasteiger partial charge in [-0.15, -0.1) is 0 Å². The molecule has 2 rings (SSSR count). The van der Waals surface area contributed by atoms with Crippen LogP contribution in [0.4, 0.5) is 0 Å². The predicted octanol–water partition coefficient (Wildman–Crippen LogP) is 1.82. The average Bonchev–Trinajstić information content (AvgIpc) is 2.97. The van der Waals surface area contributed by atoms with Gasteiger partial charge in [-0.3, -0.25) is 9.59 Å². The second-order valence-electron chi connectivity index (χ2n) is 6.40. The fourth-order valence-electron chi connectivity index (χ4n) is 3.17. The lowest BCUT2D eigenvalue weighted by atomic mass is 9.86. The van der Waals surface area contributed by atoms with Crippen LogP contribution >= 0.6 is 0 Å². The second kappa shape index (κ2) is 7.59.